The number of hydrogen-bond acceptors (Lipinski definition) is 1. The van der Waals surface area contributed by atoms with Crippen molar-refractivity contribution in [2.75, 3.05) is 0 Å². The average Bonchev–Trinajstić information content (AvgIpc) is 2.28. The standard InChI is InChI=1S/C10H12O2/c11-10(12)8-7-9-5-3-1-2-4-6-9/h1,3-6H,2,7-8H2,(H,11,12). The van der Waals surface area contributed by atoms with Crippen LogP contribution in [0.4, 0.5) is 0 Å². The fourth-order valence-electron chi connectivity index (χ4n) is 1.04. The number of carboxylic acid groups (broad SMARTS) is 1. The summed E-state index contributed by atoms with van der Waals surface area (Å²) < 4.78 is 0. The van der Waals surface area contributed by atoms with Crippen molar-refractivity contribution in [2.24, 2.45) is 0 Å². The number of hydrogen-bond donors (Lipinski definition) is 1. The van der Waals surface area contributed by atoms with Gasteiger partial charge in [-0.3, -0.25) is 4.79 Å². The van der Waals surface area contributed by atoms with Crippen LogP contribution in [0.15, 0.2) is 36.0 Å². The summed E-state index contributed by atoms with van der Waals surface area (Å²) in [5, 5.41) is 8.45. The summed E-state index contributed by atoms with van der Waals surface area (Å²) >= 11 is 0. The molecule has 0 unspecified atom stereocenters. The monoisotopic (exact) mass is 164 g/mol. The second-order valence-electron chi connectivity index (χ2n) is 2.70. The summed E-state index contributed by atoms with van der Waals surface area (Å²) in [6, 6.07) is 0. The third-order valence-electron chi connectivity index (χ3n) is 1.68. The van der Waals surface area contributed by atoms with Crippen molar-refractivity contribution < 1.29 is 9.90 Å². The molecule has 0 radical (unpaired) electrons. The number of carbonyl (C=O) groups is 1. The summed E-state index contributed by atoms with van der Waals surface area (Å²) in [7, 11) is 0. The first-order valence-electron chi connectivity index (χ1n) is 4.03. The van der Waals surface area contributed by atoms with E-state index in [9.17, 15) is 4.79 Å². The molecule has 0 fully saturated rings. The maximum absolute atomic E-state index is 10.3. The molecule has 1 N–H and O–H groups in total. The molecule has 1 aliphatic rings. The largest absolute Gasteiger partial charge is 0.481 e. The summed E-state index contributed by atoms with van der Waals surface area (Å²) in [6.45, 7) is 0. The lowest BCUT2D eigenvalue weighted by molar-refractivity contribution is -0.136. The van der Waals surface area contributed by atoms with E-state index < -0.39 is 5.97 Å². The minimum atomic E-state index is -0.738. The summed E-state index contributed by atoms with van der Waals surface area (Å²) in [6.07, 6.45) is 11.8. The molecule has 2 heteroatoms. The number of aliphatic carboxylic acids is 1. The first-order chi connectivity index (χ1) is 5.79. The van der Waals surface area contributed by atoms with Crippen LogP contribution in [0, 0.1) is 0 Å². The first kappa shape index (κ1) is 8.78. The number of rotatable bonds is 3. The van der Waals surface area contributed by atoms with Crippen LogP contribution in [-0.2, 0) is 4.79 Å². The zero-order valence-corrected chi connectivity index (χ0v) is 6.86. The minimum Gasteiger partial charge on any atom is -0.481 e. The molecule has 1 aliphatic carbocycles. The second kappa shape index (κ2) is 4.54. The van der Waals surface area contributed by atoms with Crippen molar-refractivity contribution in [3.8, 4) is 0 Å². The number of carboxylic acids is 1. The predicted molar refractivity (Wildman–Crippen MR) is 47.8 cm³/mol. The molecule has 1 rings (SSSR count). The third-order valence-corrected chi connectivity index (χ3v) is 1.68. The molecular formula is C10H12O2. The van der Waals surface area contributed by atoms with E-state index in [4.69, 9.17) is 5.11 Å². The Morgan fingerprint density at radius 2 is 2.33 bits per heavy atom. The SMILES string of the molecule is O=C(O)CCC1=CC=CCC=C1. The van der Waals surface area contributed by atoms with Crippen molar-refractivity contribution in [3.63, 3.8) is 0 Å². The van der Waals surface area contributed by atoms with E-state index in [1.165, 1.54) is 0 Å². The topological polar surface area (TPSA) is 37.3 Å². The summed E-state index contributed by atoms with van der Waals surface area (Å²) in [5.74, 6) is -0.738. The lowest BCUT2D eigenvalue weighted by atomic mass is 10.1. The van der Waals surface area contributed by atoms with Crippen molar-refractivity contribution in [1.82, 2.24) is 0 Å². The van der Waals surface area contributed by atoms with Gasteiger partial charge in [-0.25, -0.2) is 0 Å². The Bertz CT molecular complexity index is 247. The van der Waals surface area contributed by atoms with Gasteiger partial charge in [0.1, 0.15) is 0 Å². The Kier molecular flexibility index (Phi) is 3.33. The average molecular weight is 164 g/mol. The second-order valence-corrected chi connectivity index (χ2v) is 2.70. The van der Waals surface area contributed by atoms with Crippen molar-refractivity contribution >= 4 is 5.97 Å². The highest BCUT2D eigenvalue weighted by Crippen LogP contribution is 2.10. The fraction of sp³-hybridized carbons (Fsp3) is 0.300. The van der Waals surface area contributed by atoms with Gasteiger partial charge in [0.05, 0.1) is 0 Å². The molecular weight excluding hydrogens is 152 g/mol. The number of allylic oxidation sites excluding steroid dienone is 6. The van der Waals surface area contributed by atoms with Crippen LogP contribution >= 0.6 is 0 Å². The maximum atomic E-state index is 10.3. The van der Waals surface area contributed by atoms with Gasteiger partial charge in [-0.05, 0) is 18.4 Å². The zero-order chi connectivity index (χ0) is 8.81. The molecule has 0 saturated carbocycles. The van der Waals surface area contributed by atoms with Crippen LogP contribution in [0.1, 0.15) is 19.3 Å². The highest BCUT2D eigenvalue weighted by molar-refractivity contribution is 5.67. The molecule has 0 amide bonds. The van der Waals surface area contributed by atoms with Crippen LogP contribution in [0.2, 0.25) is 0 Å². The van der Waals surface area contributed by atoms with Gasteiger partial charge in [0.25, 0.3) is 0 Å². The third kappa shape index (κ3) is 3.19. The quantitative estimate of drug-likeness (QED) is 0.694. The molecule has 0 aromatic rings. The van der Waals surface area contributed by atoms with E-state index in [1.807, 2.05) is 30.4 Å². The molecule has 0 aromatic carbocycles. The molecule has 0 bridgehead atoms. The van der Waals surface area contributed by atoms with Crippen LogP contribution in [0.5, 0.6) is 0 Å². The predicted octanol–water partition coefficient (Wildman–Crippen LogP) is 2.29. The molecule has 0 heterocycles. The van der Waals surface area contributed by atoms with Gasteiger partial charge in [0.15, 0.2) is 0 Å². The van der Waals surface area contributed by atoms with Gasteiger partial charge in [-0.15, -0.1) is 0 Å². The molecule has 0 aromatic heterocycles. The molecule has 0 atom stereocenters. The van der Waals surface area contributed by atoms with Crippen molar-refractivity contribution in [1.29, 1.82) is 0 Å². The van der Waals surface area contributed by atoms with Gasteiger partial charge in [-0.1, -0.05) is 30.4 Å². The molecule has 12 heavy (non-hydrogen) atoms. The normalized spacial score (nSPS) is 15.5. The fourth-order valence-corrected chi connectivity index (χ4v) is 1.04. The van der Waals surface area contributed by atoms with Crippen molar-refractivity contribution in [2.45, 2.75) is 19.3 Å². The van der Waals surface area contributed by atoms with E-state index in [2.05, 4.69) is 0 Å². The van der Waals surface area contributed by atoms with Crippen molar-refractivity contribution in [3.05, 3.63) is 36.0 Å². The molecule has 0 spiro atoms. The van der Waals surface area contributed by atoms with E-state index in [1.54, 1.807) is 0 Å². The Hall–Kier alpha value is -1.31. The van der Waals surface area contributed by atoms with Crippen LogP contribution < -0.4 is 0 Å². The summed E-state index contributed by atoms with van der Waals surface area (Å²) in [4.78, 5) is 10.3. The smallest absolute Gasteiger partial charge is 0.303 e. The van der Waals surface area contributed by atoms with Crippen LogP contribution in [-0.4, -0.2) is 11.1 Å². The van der Waals surface area contributed by atoms with Gasteiger partial charge >= 0.3 is 5.97 Å². The molecule has 0 aliphatic heterocycles. The Balaban J connectivity index is 2.45. The first-order valence-corrected chi connectivity index (χ1v) is 4.03. The minimum absolute atomic E-state index is 0.212. The summed E-state index contributed by atoms with van der Waals surface area (Å²) in [5.41, 5.74) is 1.09. The van der Waals surface area contributed by atoms with Gasteiger partial charge in [-0.2, -0.15) is 0 Å². The Morgan fingerprint density at radius 3 is 3.08 bits per heavy atom. The van der Waals surface area contributed by atoms with E-state index in [-0.39, 0.29) is 6.42 Å². The van der Waals surface area contributed by atoms with E-state index in [0.717, 1.165) is 12.0 Å². The van der Waals surface area contributed by atoms with Gasteiger partial charge < -0.3 is 5.11 Å². The molecule has 0 saturated heterocycles. The lowest BCUT2D eigenvalue weighted by Gasteiger charge is -1.96. The molecule has 2 nitrogen and oxygen atoms in total. The van der Waals surface area contributed by atoms with Gasteiger partial charge in [0, 0.05) is 6.42 Å². The van der Waals surface area contributed by atoms with Crippen LogP contribution in [0.25, 0.3) is 0 Å². The zero-order valence-electron chi connectivity index (χ0n) is 6.86. The highest BCUT2D eigenvalue weighted by Gasteiger charge is 1.98. The maximum Gasteiger partial charge on any atom is 0.303 e. The van der Waals surface area contributed by atoms with E-state index >= 15 is 0 Å². The Labute approximate surface area is 71.9 Å². The van der Waals surface area contributed by atoms with E-state index in [0.29, 0.717) is 6.42 Å². The highest BCUT2D eigenvalue weighted by atomic mass is 16.4. The van der Waals surface area contributed by atoms with Gasteiger partial charge in [0.2, 0.25) is 0 Å². The Morgan fingerprint density at radius 1 is 1.50 bits per heavy atom. The lowest BCUT2D eigenvalue weighted by Crippen LogP contribution is -1.94. The molecule has 64 valence electrons. The van der Waals surface area contributed by atoms with Crippen LogP contribution in [0.3, 0.4) is 0 Å².